The molecule has 0 spiro atoms. The van der Waals surface area contributed by atoms with Gasteiger partial charge in [0.25, 0.3) is 0 Å². The van der Waals surface area contributed by atoms with Crippen LogP contribution in [0.5, 0.6) is 0 Å². The van der Waals surface area contributed by atoms with Crippen molar-refractivity contribution < 1.29 is 8.78 Å². The van der Waals surface area contributed by atoms with Crippen LogP contribution < -0.4 is 5.73 Å². The minimum Gasteiger partial charge on any atom is -0.330 e. The van der Waals surface area contributed by atoms with E-state index in [1.807, 2.05) is 25.1 Å². The molecule has 0 unspecified atom stereocenters. The Bertz CT molecular complexity index is 606. The van der Waals surface area contributed by atoms with E-state index in [9.17, 15) is 8.78 Å². The zero-order chi connectivity index (χ0) is 14.0. The van der Waals surface area contributed by atoms with Gasteiger partial charge < -0.3 is 5.73 Å². The number of nitrogens with two attached hydrogens (primary N) is 1. The van der Waals surface area contributed by atoms with Crippen molar-refractivity contribution >= 4 is 0 Å². The van der Waals surface area contributed by atoms with E-state index in [-0.39, 0.29) is 0 Å². The van der Waals surface area contributed by atoms with Crippen LogP contribution in [0.1, 0.15) is 16.7 Å². The fourth-order valence-electron chi connectivity index (χ4n) is 2.21. The fraction of sp³-hybridized carbons (Fsp3) is 0.250. The highest BCUT2D eigenvalue weighted by molar-refractivity contribution is 5.68. The number of aryl methyl sites for hydroxylation is 1. The van der Waals surface area contributed by atoms with Crippen LogP contribution in [0.2, 0.25) is 0 Å². The second kappa shape index (κ2) is 5.49. The van der Waals surface area contributed by atoms with E-state index in [4.69, 9.17) is 5.73 Å². The summed E-state index contributed by atoms with van der Waals surface area (Å²) in [6.45, 7) is 4.22. The lowest BCUT2D eigenvalue weighted by Crippen LogP contribution is -2.04. The maximum atomic E-state index is 13.6. The number of hydrogen-bond donors (Lipinski definition) is 1. The van der Waals surface area contributed by atoms with E-state index in [2.05, 4.69) is 0 Å². The molecule has 0 saturated carbocycles. The lowest BCUT2D eigenvalue weighted by Gasteiger charge is -2.11. The van der Waals surface area contributed by atoms with E-state index in [0.717, 1.165) is 29.2 Å². The van der Waals surface area contributed by atoms with Gasteiger partial charge in [-0.15, -0.1) is 0 Å². The predicted octanol–water partition coefficient (Wildman–Crippen LogP) is 3.75. The molecule has 0 aliphatic rings. The molecule has 19 heavy (non-hydrogen) atoms. The van der Waals surface area contributed by atoms with Gasteiger partial charge in [-0.05, 0) is 60.7 Å². The standard InChI is InChI=1S/C16H17F2N/c1-10-3-4-13(7-12(10)5-6-19)15-8-14(17)9-16(18)11(15)2/h3-4,7-9H,5-6,19H2,1-2H3. The van der Waals surface area contributed by atoms with Gasteiger partial charge in [-0.3, -0.25) is 0 Å². The highest BCUT2D eigenvalue weighted by Gasteiger charge is 2.10. The molecule has 0 bridgehead atoms. The summed E-state index contributed by atoms with van der Waals surface area (Å²) in [5.74, 6) is -1.07. The first kappa shape index (κ1) is 13.7. The van der Waals surface area contributed by atoms with Gasteiger partial charge in [0.1, 0.15) is 11.6 Å². The van der Waals surface area contributed by atoms with Crippen LogP contribution in [0, 0.1) is 25.5 Å². The largest absolute Gasteiger partial charge is 0.330 e. The number of rotatable bonds is 3. The van der Waals surface area contributed by atoms with Crippen molar-refractivity contribution in [3.63, 3.8) is 0 Å². The van der Waals surface area contributed by atoms with Crippen molar-refractivity contribution in [2.24, 2.45) is 5.73 Å². The Labute approximate surface area is 112 Å². The van der Waals surface area contributed by atoms with Crippen molar-refractivity contribution in [1.29, 1.82) is 0 Å². The molecule has 0 aliphatic carbocycles. The smallest absolute Gasteiger partial charge is 0.129 e. The van der Waals surface area contributed by atoms with Crippen LogP contribution in [-0.4, -0.2) is 6.54 Å². The Balaban J connectivity index is 2.56. The average Bonchev–Trinajstić information content (AvgIpc) is 2.37. The summed E-state index contributed by atoms with van der Waals surface area (Å²) in [5, 5.41) is 0. The van der Waals surface area contributed by atoms with Gasteiger partial charge in [-0.1, -0.05) is 18.2 Å². The van der Waals surface area contributed by atoms with Gasteiger partial charge in [0, 0.05) is 6.07 Å². The molecular formula is C16H17F2N. The molecule has 0 radical (unpaired) electrons. The third-order valence-corrected chi connectivity index (χ3v) is 3.38. The Morgan fingerprint density at radius 2 is 1.79 bits per heavy atom. The van der Waals surface area contributed by atoms with Crippen molar-refractivity contribution in [1.82, 2.24) is 0 Å². The maximum absolute atomic E-state index is 13.6. The van der Waals surface area contributed by atoms with Crippen LogP contribution in [0.25, 0.3) is 11.1 Å². The van der Waals surface area contributed by atoms with E-state index in [0.29, 0.717) is 17.7 Å². The first-order chi connectivity index (χ1) is 9.02. The van der Waals surface area contributed by atoms with Gasteiger partial charge in [0.2, 0.25) is 0 Å². The molecule has 0 fully saturated rings. The minimum atomic E-state index is -0.556. The molecule has 0 aromatic heterocycles. The molecule has 0 atom stereocenters. The summed E-state index contributed by atoms with van der Waals surface area (Å²) < 4.78 is 27.0. The molecule has 100 valence electrons. The Morgan fingerprint density at radius 3 is 2.47 bits per heavy atom. The van der Waals surface area contributed by atoms with Crippen LogP contribution in [0.3, 0.4) is 0 Å². The van der Waals surface area contributed by atoms with E-state index < -0.39 is 11.6 Å². The van der Waals surface area contributed by atoms with Crippen molar-refractivity contribution in [2.75, 3.05) is 6.54 Å². The lowest BCUT2D eigenvalue weighted by molar-refractivity contribution is 0.578. The Morgan fingerprint density at radius 1 is 1.05 bits per heavy atom. The molecule has 2 aromatic rings. The van der Waals surface area contributed by atoms with E-state index in [1.54, 1.807) is 6.92 Å². The SMILES string of the molecule is Cc1ccc(-c2cc(F)cc(F)c2C)cc1CCN. The summed E-state index contributed by atoms with van der Waals surface area (Å²) in [4.78, 5) is 0. The van der Waals surface area contributed by atoms with Crippen molar-refractivity contribution in [3.8, 4) is 11.1 Å². The maximum Gasteiger partial charge on any atom is 0.129 e. The molecule has 0 amide bonds. The van der Waals surface area contributed by atoms with Crippen LogP contribution in [0.4, 0.5) is 8.78 Å². The van der Waals surface area contributed by atoms with Gasteiger partial charge in [0.15, 0.2) is 0 Å². The molecule has 2 N–H and O–H groups in total. The summed E-state index contributed by atoms with van der Waals surface area (Å²) in [7, 11) is 0. The molecule has 2 rings (SSSR count). The zero-order valence-electron chi connectivity index (χ0n) is 11.1. The average molecular weight is 261 g/mol. The molecule has 2 aromatic carbocycles. The van der Waals surface area contributed by atoms with Gasteiger partial charge in [-0.2, -0.15) is 0 Å². The second-order valence-electron chi connectivity index (χ2n) is 4.74. The quantitative estimate of drug-likeness (QED) is 0.894. The lowest BCUT2D eigenvalue weighted by atomic mass is 9.95. The highest BCUT2D eigenvalue weighted by atomic mass is 19.1. The minimum absolute atomic E-state index is 0.462. The Hall–Kier alpha value is -1.74. The van der Waals surface area contributed by atoms with Crippen molar-refractivity contribution in [3.05, 3.63) is 58.7 Å². The number of hydrogen-bond acceptors (Lipinski definition) is 1. The fourth-order valence-corrected chi connectivity index (χ4v) is 2.21. The van der Waals surface area contributed by atoms with Crippen LogP contribution >= 0.6 is 0 Å². The highest BCUT2D eigenvalue weighted by Crippen LogP contribution is 2.28. The first-order valence-corrected chi connectivity index (χ1v) is 6.28. The van der Waals surface area contributed by atoms with Gasteiger partial charge >= 0.3 is 0 Å². The molecule has 1 nitrogen and oxygen atoms in total. The third kappa shape index (κ3) is 2.82. The third-order valence-electron chi connectivity index (χ3n) is 3.38. The first-order valence-electron chi connectivity index (χ1n) is 6.28. The van der Waals surface area contributed by atoms with Gasteiger partial charge in [-0.25, -0.2) is 8.78 Å². The molecule has 0 heterocycles. The summed E-state index contributed by atoms with van der Waals surface area (Å²) in [5.41, 5.74) is 9.71. The molecule has 0 aliphatic heterocycles. The normalized spacial score (nSPS) is 10.8. The van der Waals surface area contributed by atoms with Crippen molar-refractivity contribution in [2.45, 2.75) is 20.3 Å². The molecular weight excluding hydrogens is 244 g/mol. The summed E-state index contributed by atoms with van der Waals surface area (Å²) in [6.07, 6.45) is 0.760. The summed E-state index contributed by atoms with van der Waals surface area (Å²) in [6, 6.07) is 8.09. The second-order valence-corrected chi connectivity index (χ2v) is 4.74. The Kier molecular flexibility index (Phi) is 3.96. The van der Waals surface area contributed by atoms with Crippen LogP contribution in [-0.2, 0) is 6.42 Å². The van der Waals surface area contributed by atoms with Crippen LogP contribution in [0.15, 0.2) is 30.3 Å². The van der Waals surface area contributed by atoms with E-state index in [1.165, 1.54) is 6.07 Å². The predicted molar refractivity (Wildman–Crippen MR) is 74.0 cm³/mol. The summed E-state index contributed by atoms with van der Waals surface area (Å²) >= 11 is 0. The zero-order valence-corrected chi connectivity index (χ0v) is 11.1. The number of halogens is 2. The van der Waals surface area contributed by atoms with E-state index >= 15 is 0 Å². The molecule has 3 heteroatoms. The topological polar surface area (TPSA) is 26.0 Å². The number of benzene rings is 2. The molecule has 0 saturated heterocycles. The monoisotopic (exact) mass is 261 g/mol. The van der Waals surface area contributed by atoms with Gasteiger partial charge in [0.05, 0.1) is 0 Å².